The Balaban J connectivity index is 1.59. The molecule has 0 radical (unpaired) electrons. The van der Waals surface area contributed by atoms with E-state index < -0.39 is 17.7 Å². The van der Waals surface area contributed by atoms with E-state index in [0.717, 1.165) is 25.0 Å². The minimum Gasteiger partial charge on any atom is -0.490 e. The van der Waals surface area contributed by atoms with Crippen molar-refractivity contribution in [2.45, 2.75) is 18.9 Å². The topological polar surface area (TPSA) is 58.6 Å². The zero-order valence-electron chi connectivity index (χ0n) is 12.8. The fourth-order valence-corrected chi connectivity index (χ4v) is 2.24. The predicted molar refractivity (Wildman–Crippen MR) is 84.6 cm³/mol. The highest BCUT2D eigenvalue weighted by Crippen LogP contribution is 2.30. The predicted octanol–water partition coefficient (Wildman–Crippen LogP) is 3.43. The zero-order chi connectivity index (χ0) is 17.1. The maximum absolute atomic E-state index is 13.2. The van der Waals surface area contributed by atoms with Gasteiger partial charge in [0.05, 0.1) is 0 Å². The maximum atomic E-state index is 13.2. The number of hydrogen-bond acceptors (Lipinski definition) is 3. The van der Waals surface area contributed by atoms with E-state index in [9.17, 15) is 18.7 Å². The van der Waals surface area contributed by atoms with E-state index in [1.807, 2.05) is 0 Å². The SMILES string of the molecule is O=C(Nc1cccc(OCC(O)c2ccc(F)c(F)c2)c1)C1CC1. The second-order valence-corrected chi connectivity index (χ2v) is 5.79. The number of ether oxygens (including phenoxy) is 1. The summed E-state index contributed by atoms with van der Waals surface area (Å²) in [7, 11) is 0. The van der Waals surface area contributed by atoms with Gasteiger partial charge in [-0.2, -0.15) is 0 Å². The van der Waals surface area contributed by atoms with E-state index in [0.29, 0.717) is 11.4 Å². The molecule has 2 N–H and O–H groups in total. The van der Waals surface area contributed by atoms with Crippen LogP contribution in [0.4, 0.5) is 14.5 Å². The van der Waals surface area contributed by atoms with Crippen LogP contribution in [0.15, 0.2) is 42.5 Å². The van der Waals surface area contributed by atoms with Gasteiger partial charge in [0.15, 0.2) is 11.6 Å². The highest BCUT2D eigenvalue weighted by molar-refractivity contribution is 5.94. The van der Waals surface area contributed by atoms with Crippen molar-refractivity contribution in [2.75, 3.05) is 11.9 Å². The van der Waals surface area contributed by atoms with Crippen molar-refractivity contribution in [1.29, 1.82) is 0 Å². The maximum Gasteiger partial charge on any atom is 0.227 e. The Morgan fingerprint density at radius 2 is 2.00 bits per heavy atom. The van der Waals surface area contributed by atoms with E-state index in [4.69, 9.17) is 4.74 Å². The van der Waals surface area contributed by atoms with E-state index in [-0.39, 0.29) is 24.0 Å². The van der Waals surface area contributed by atoms with Crippen molar-refractivity contribution >= 4 is 11.6 Å². The first kappa shape index (κ1) is 16.4. The number of aliphatic hydroxyl groups excluding tert-OH is 1. The molecule has 1 aliphatic carbocycles. The number of nitrogens with one attached hydrogen (secondary N) is 1. The molecule has 126 valence electrons. The van der Waals surface area contributed by atoms with E-state index in [1.54, 1.807) is 24.3 Å². The lowest BCUT2D eigenvalue weighted by Crippen LogP contribution is -2.13. The first-order valence-corrected chi connectivity index (χ1v) is 7.69. The molecule has 0 spiro atoms. The van der Waals surface area contributed by atoms with Crippen molar-refractivity contribution in [3.05, 3.63) is 59.7 Å². The number of amides is 1. The zero-order valence-corrected chi connectivity index (χ0v) is 12.8. The molecule has 2 aromatic carbocycles. The molecule has 1 atom stereocenters. The van der Waals surface area contributed by atoms with Crippen LogP contribution in [0.1, 0.15) is 24.5 Å². The molecule has 0 bridgehead atoms. The van der Waals surface area contributed by atoms with Crippen molar-refractivity contribution in [1.82, 2.24) is 0 Å². The number of carbonyl (C=O) groups is 1. The Hall–Kier alpha value is -2.47. The van der Waals surface area contributed by atoms with Crippen LogP contribution in [0.5, 0.6) is 5.75 Å². The lowest BCUT2D eigenvalue weighted by atomic mass is 10.1. The third-order valence-electron chi connectivity index (χ3n) is 3.79. The molecule has 3 rings (SSSR count). The fourth-order valence-electron chi connectivity index (χ4n) is 2.24. The number of hydrogen-bond donors (Lipinski definition) is 2. The molecule has 1 amide bonds. The standard InChI is InChI=1S/C18H17F2NO3/c19-15-7-6-12(8-16(15)20)17(22)10-24-14-3-1-2-13(9-14)21-18(23)11-4-5-11/h1-3,6-9,11,17,22H,4-5,10H2,(H,21,23). The monoisotopic (exact) mass is 333 g/mol. The van der Waals surface area contributed by atoms with Crippen molar-refractivity contribution < 1.29 is 23.4 Å². The number of benzene rings is 2. The number of aliphatic hydroxyl groups is 1. The van der Waals surface area contributed by atoms with Gasteiger partial charge in [0.2, 0.25) is 5.91 Å². The third-order valence-corrected chi connectivity index (χ3v) is 3.79. The molecule has 0 aliphatic heterocycles. The van der Waals surface area contributed by atoms with Crippen LogP contribution in [0.2, 0.25) is 0 Å². The van der Waals surface area contributed by atoms with Gasteiger partial charge in [-0.3, -0.25) is 4.79 Å². The second kappa shape index (κ2) is 6.97. The van der Waals surface area contributed by atoms with Gasteiger partial charge in [-0.1, -0.05) is 12.1 Å². The van der Waals surface area contributed by atoms with Crippen molar-refractivity contribution in [2.24, 2.45) is 5.92 Å². The summed E-state index contributed by atoms with van der Waals surface area (Å²) in [6.45, 7) is -0.120. The van der Waals surface area contributed by atoms with Gasteiger partial charge >= 0.3 is 0 Å². The van der Waals surface area contributed by atoms with Crippen molar-refractivity contribution in [3.63, 3.8) is 0 Å². The normalized spacial score (nSPS) is 15.0. The van der Waals surface area contributed by atoms with Gasteiger partial charge in [-0.25, -0.2) is 8.78 Å². The summed E-state index contributed by atoms with van der Waals surface area (Å²) in [5.74, 6) is -1.42. The highest BCUT2D eigenvalue weighted by atomic mass is 19.2. The van der Waals surface area contributed by atoms with Gasteiger partial charge in [0.1, 0.15) is 18.5 Å². The smallest absolute Gasteiger partial charge is 0.227 e. The largest absolute Gasteiger partial charge is 0.490 e. The molecular weight excluding hydrogens is 316 g/mol. The van der Waals surface area contributed by atoms with Crippen molar-refractivity contribution in [3.8, 4) is 5.75 Å². The Kier molecular flexibility index (Phi) is 4.76. The Labute approximate surface area is 138 Å². The summed E-state index contributed by atoms with van der Waals surface area (Å²) >= 11 is 0. The Morgan fingerprint density at radius 3 is 2.71 bits per heavy atom. The number of halogens is 2. The molecular formula is C18H17F2NO3. The summed E-state index contributed by atoms with van der Waals surface area (Å²) in [5, 5.41) is 12.8. The van der Waals surface area contributed by atoms with Crippen LogP contribution in [-0.2, 0) is 4.79 Å². The second-order valence-electron chi connectivity index (χ2n) is 5.79. The first-order valence-electron chi connectivity index (χ1n) is 7.69. The van der Waals surface area contributed by atoms with Crippen LogP contribution in [-0.4, -0.2) is 17.6 Å². The van der Waals surface area contributed by atoms with E-state index in [2.05, 4.69) is 5.32 Å². The minimum absolute atomic E-state index is 0.00558. The molecule has 0 saturated heterocycles. The van der Waals surface area contributed by atoms with Crippen LogP contribution >= 0.6 is 0 Å². The molecule has 24 heavy (non-hydrogen) atoms. The summed E-state index contributed by atoms with van der Waals surface area (Å²) in [4.78, 5) is 11.7. The van der Waals surface area contributed by atoms with Crippen LogP contribution in [0.25, 0.3) is 0 Å². The average Bonchev–Trinajstić information content (AvgIpc) is 3.40. The average molecular weight is 333 g/mol. The third kappa shape index (κ3) is 4.08. The summed E-state index contributed by atoms with van der Waals surface area (Å²) in [5.41, 5.74) is 0.846. The molecule has 4 nitrogen and oxygen atoms in total. The molecule has 1 saturated carbocycles. The minimum atomic E-state index is -1.09. The van der Waals surface area contributed by atoms with Gasteiger partial charge in [0, 0.05) is 17.7 Å². The molecule has 6 heteroatoms. The molecule has 1 unspecified atom stereocenters. The quantitative estimate of drug-likeness (QED) is 0.851. The van der Waals surface area contributed by atoms with Gasteiger partial charge < -0.3 is 15.2 Å². The Morgan fingerprint density at radius 1 is 1.21 bits per heavy atom. The molecule has 2 aromatic rings. The first-order chi connectivity index (χ1) is 11.5. The molecule has 0 heterocycles. The number of carbonyl (C=O) groups excluding carboxylic acids is 1. The van der Waals surface area contributed by atoms with Crippen LogP contribution in [0, 0.1) is 17.6 Å². The van der Waals surface area contributed by atoms with Gasteiger partial charge in [-0.05, 0) is 42.7 Å². The number of anilines is 1. The van der Waals surface area contributed by atoms with Crippen LogP contribution < -0.4 is 10.1 Å². The molecule has 0 aromatic heterocycles. The van der Waals surface area contributed by atoms with E-state index >= 15 is 0 Å². The highest BCUT2D eigenvalue weighted by Gasteiger charge is 2.29. The fraction of sp³-hybridized carbons (Fsp3) is 0.278. The summed E-state index contributed by atoms with van der Waals surface area (Å²) in [6, 6.07) is 10.0. The summed E-state index contributed by atoms with van der Waals surface area (Å²) in [6.07, 6.45) is 0.745. The number of rotatable bonds is 6. The lowest BCUT2D eigenvalue weighted by molar-refractivity contribution is -0.117. The Bertz CT molecular complexity index is 747. The summed E-state index contributed by atoms with van der Waals surface area (Å²) < 4.78 is 31.6. The van der Waals surface area contributed by atoms with Crippen LogP contribution in [0.3, 0.4) is 0 Å². The van der Waals surface area contributed by atoms with Gasteiger partial charge in [0.25, 0.3) is 0 Å². The molecule has 1 fully saturated rings. The van der Waals surface area contributed by atoms with Gasteiger partial charge in [-0.15, -0.1) is 0 Å². The lowest BCUT2D eigenvalue weighted by Gasteiger charge is -2.14. The van der Waals surface area contributed by atoms with E-state index in [1.165, 1.54) is 6.07 Å². The molecule has 1 aliphatic rings.